The first-order chi connectivity index (χ1) is 9.08. The molecule has 0 spiro atoms. The first-order valence-corrected chi connectivity index (χ1v) is 7.73. The number of hydrogen-bond donors (Lipinski definition) is 2. The van der Waals surface area contributed by atoms with Gasteiger partial charge in [-0.15, -0.1) is 0 Å². The van der Waals surface area contributed by atoms with E-state index in [9.17, 15) is 4.79 Å². The SMILES string of the molecule is CC(C)CCNC(=O)C(C)NC1CCOC1C1CC1. The van der Waals surface area contributed by atoms with Crippen molar-refractivity contribution in [2.75, 3.05) is 13.2 Å². The topological polar surface area (TPSA) is 50.4 Å². The third-order valence-corrected chi connectivity index (χ3v) is 4.10. The van der Waals surface area contributed by atoms with E-state index in [0.717, 1.165) is 31.9 Å². The van der Waals surface area contributed by atoms with E-state index in [0.29, 0.717) is 18.1 Å². The average Bonchev–Trinajstić information content (AvgIpc) is 3.09. The van der Waals surface area contributed by atoms with Crippen molar-refractivity contribution in [2.24, 2.45) is 11.8 Å². The summed E-state index contributed by atoms with van der Waals surface area (Å²) in [6.07, 6.45) is 4.99. The van der Waals surface area contributed by atoms with Crippen LogP contribution < -0.4 is 10.6 Å². The van der Waals surface area contributed by atoms with Gasteiger partial charge in [0.2, 0.25) is 5.91 Å². The van der Waals surface area contributed by atoms with Gasteiger partial charge in [-0.25, -0.2) is 0 Å². The maximum absolute atomic E-state index is 12.0. The summed E-state index contributed by atoms with van der Waals surface area (Å²) in [5.41, 5.74) is 0. The Labute approximate surface area is 116 Å². The summed E-state index contributed by atoms with van der Waals surface area (Å²) in [6, 6.07) is 0.235. The van der Waals surface area contributed by atoms with Crippen LogP contribution in [0, 0.1) is 11.8 Å². The molecule has 4 heteroatoms. The maximum Gasteiger partial charge on any atom is 0.236 e. The molecule has 1 amide bonds. The molecular formula is C15H28N2O2. The van der Waals surface area contributed by atoms with Crippen molar-refractivity contribution in [3.05, 3.63) is 0 Å². The molecule has 1 aliphatic carbocycles. The van der Waals surface area contributed by atoms with E-state index in [4.69, 9.17) is 4.74 Å². The van der Waals surface area contributed by atoms with Gasteiger partial charge in [0, 0.05) is 19.2 Å². The molecule has 3 atom stereocenters. The number of carbonyl (C=O) groups excluding carboxylic acids is 1. The van der Waals surface area contributed by atoms with Crippen LogP contribution in [0.2, 0.25) is 0 Å². The van der Waals surface area contributed by atoms with Gasteiger partial charge in [0.25, 0.3) is 0 Å². The van der Waals surface area contributed by atoms with Gasteiger partial charge in [-0.3, -0.25) is 4.79 Å². The Balaban J connectivity index is 1.70. The highest BCUT2D eigenvalue weighted by Crippen LogP contribution is 2.38. The highest BCUT2D eigenvalue weighted by Gasteiger charge is 2.41. The summed E-state index contributed by atoms with van der Waals surface area (Å²) in [5, 5.41) is 6.46. The zero-order chi connectivity index (χ0) is 13.8. The van der Waals surface area contributed by atoms with E-state index in [2.05, 4.69) is 24.5 Å². The summed E-state index contributed by atoms with van der Waals surface area (Å²) in [4.78, 5) is 12.0. The quantitative estimate of drug-likeness (QED) is 0.739. The molecule has 1 aliphatic heterocycles. The van der Waals surface area contributed by atoms with Gasteiger partial charge in [-0.2, -0.15) is 0 Å². The Bertz CT molecular complexity index is 303. The molecule has 0 radical (unpaired) electrons. The molecule has 19 heavy (non-hydrogen) atoms. The minimum atomic E-state index is -0.125. The second-order valence-electron chi connectivity index (χ2n) is 6.43. The van der Waals surface area contributed by atoms with E-state index < -0.39 is 0 Å². The molecule has 4 nitrogen and oxygen atoms in total. The van der Waals surface area contributed by atoms with Crippen molar-refractivity contribution >= 4 is 5.91 Å². The summed E-state index contributed by atoms with van der Waals surface area (Å²) in [6.45, 7) is 7.90. The zero-order valence-electron chi connectivity index (χ0n) is 12.4. The van der Waals surface area contributed by atoms with Gasteiger partial charge >= 0.3 is 0 Å². The molecule has 1 saturated heterocycles. The maximum atomic E-state index is 12.0. The van der Waals surface area contributed by atoms with Crippen LogP contribution in [0.5, 0.6) is 0 Å². The molecule has 0 aromatic rings. The van der Waals surface area contributed by atoms with Gasteiger partial charge in [0.05, 0.1) is 12.1 Å². The molecule has 2 aliphatic rings. The molecule has 2 N–H and O–H groups in total. The molecule has 2 fully saturated rings. The van der Waals surface area contributed by atoms with Crippen LogP contribution in [0.3, 0.4) is 0 Å². The number of hydrogen-bond acceptors (Lipinski definition) is 3. The van der Waals surface area contributed by atoms with E-state index >= 15 is 0 Å². The fourth-order valence-electron chi connectivity index (χ4n) is 2.71. The van der Waals surface area contributed by atoms with Crippen LogP contribution in [0.15, 0.2) is 0 Å². The Hall–Kier alpha value is -0.610. The van der Waals surface area contributed by atoms with E-state index in [1.165, 1.54) is 12.8 Å². The van der Waals surface area contributed by atoms with Gasteiger partial charge in [0.15, 0.2) is 0 Å². The molecule has 110 valence electrons. The van der Waals surface area contributed by atoms with Crippen molar-refractivity contribution in [3.63, 3.8) is 0 Å². The van der Waals surface area contributed by atoms with Crippen LogP contribution in [0.4, 0.5) is 0 Å². The fraction of sp³-hybridized carbons (Fsp3) is 0.933. The van der Waals surface area contributed by atoms with Crippen LogP contribution in [0.25, 0.3) is 0 Å². The largest absolute Gasteiger partial charge is 0.376 e. The lowest BCUT2D eigenvalue weighted by atomic mass is 10.1. The normalized spacial score (nSPS) is 28.6. The Morgan fingerprint density at radius 3 is 2.63 bits per heavy atom. The van der Waals surface area contributed by atoms with Crippen molar-refractivity contribution < 1.29 is 9.53 Å². The second-order valence-corrected chi connectivity index (χ2v) is 6.43. The standard InChI is InChI=1S/C15H28N2O2/c1-10(2)6-8-16-15(18)11(3)17-13-7-9-19-14(13)12-4-5-12/h10-14,17H,4-9H2,1-3H3,(H,16,18). The van der Waals surface area contributed by atoms with E-state index in [1.54, 1.807) is 0 Å². The number of amides is 1. The summed E-state index contributed by atoms with van der Waals surface area (Å²) in [5.74, 6) is 1.48. The van der Waals surface area contributed by atoms with Gasteiger partial charge in [0.1, 0.15) is 0 Å². The number of carbonyl (C=O) groups is 1. The number of rotatable bonds is 7. The number of ether oxygens (including phenoxy) is 1. The summed E-state index contributed by atoms with van der Waals surface area (Å²) >= 11 is 0. The minimum Gasteiger partial charge on any atom is -0.376 e. The third-order valence-electron chi connectivity index (χ3n) is 4.10. The highest BCUT2D eigenvalue weighted by molar-refractivity contribution is 5.81. The number of nitrogens with one attached hydrogen (secondary N) is 2. The first-order valence-electron chi connectivity index (χ1n) is 7.73. The third kappa shape index (κ3) is 4.46. The van der Waals surface area contributed by atoms with E-state index in [1.807, 2.05) is 6.92 Å². The van der Waals surface area contributed by atoms with Crippen LogP contribution in [0.1, 0.15) is 46.5 Å². The lowest BCUT2D eigenvalue weighted by Gasteiger charge is -2.23. The zero-order valence-corrected chi connectivity index (χ0v) is 12.4. The van der Waals surface area contributed by atoms with Gasteiger partial charge < -0.3 is 15.4 Å². The molecule has 1 saturated carbocycles. The van der Waals surface area contributed by atoms with Crippen LogP contribution in [-0.4, -0.2) is 37.2 Å². The Morgan fingerprint density at radius 1 is 1.26 bits per heavy atom. The minimum absolute atomic E-state index is 0.113. The van der Waals surface area contributed by atoms with Crippen molar-refractivity contribution in [3.8, 4) is 0 Å². The van der Waals surface area contributed by atoms with Crippen LogP contribution >= 0.6 is 0 Å². The van der Waals surface area contributed by atoms with Gasteiger partial charge in [-0.05, 0) is 44.4 Å². The predicted octanol–water partition coefficient (Wildman–Crippen LogP) is 1.69. The molecule has 0 bridgehead atoms. The Kier molecular flexibility index (Phi) is 5.22. The molecule has 0 aromatic heterocycles. The first kappa shape index (κ1) is 14.8. The molecule has 0 aromatic carbocycles. The molecular weight excluding hydrogens is 240 g/mol. The van der Waals surface area contributed by atoms with Crippen molar-refractivity contribution in [2.45, 2.75) is 64.6 Å². The van der Waals surface area contributed by atoms with Crippen molar-refractivity contribution in [1.82, 2.24) is 10.6 Å². The average molecular weight is 268 g/mol. The smallest absolute Gasteiger partial charge is 0.236 e. The summed E-state index contributed by atoms with van der Waals surface area (Å²) < 4.78 is 5.79. The Morgan fingerprint density at radius 2 is 2.00 bits per heavy atom. The van der Waals surface area contributed by atoms with Gasteiger partial charge in [-0.1, -0.05) is 13.8 Å². The molecule has 3 unspecified atom stereocenters. The fourth-order valence-corrected chi connectivity index (χ4v) is 2.71. The predicted molar refractivity (Wildman–Crippen MR) is 75.9 cm³/mol. The van der Waals surface area contributed by atoms with E-state index in [-0.39, 0.29) is 11.9 Å². The molecule has 2 rings (SSSR count). The summed E-state index contributed by atoms with van der Waals surface area (Å²) in [7, 11) is 0. The monoisotopic (exact) mass is 268 g/mol. The lowest BCUT2D eigenvalue weighted by molar-refractivity contribution is -0.123. The van der Waals surface area contributed by atoms with Crippen molar-refractivity contribution in [1.29, 1.82) is 0 Å². The lowest BCUT2D eigenvalue weighted by Crippen LogP contribution is -2.49. The van der Waals surface area contributed by atoms with Crippen LogP contribution in [-0.2, 0) is 9.53 Å². The highest BCUT2D eigenvalue weighted by atomic mass is 16.5. The second kappa shape index (κ2) is 6.71. The molecule has 1 heterocycles.